The zero-order valence-electron chi connectivity index (χ0n) is 11.2. The van der Waals surface area contributed by atoms with Crippen LogP contribution in [0.4, 0.5) is 10.1 Å². The van der Waals surface area contributed by atoms with Crippen molar-refractivity contribution >= 4 is 25.7 Å². The highest BCUT2D eigenvalue weighted by atomic mass is 32.2. The normalized spacial score (nSPS) is 17.6. The Hall–Kier alpha value is -1.19. The summed E-state index contributed by atoms with van der Waals surface area (Å²) in [4.78, 5) is -0.402. The summed E-state index contributed by atoms with van der Waals surface area (Å²) in [5, 5.41) is 4.35. The lowest BCUT2D eigenvalue weighted by atomic mass is 10.0. The fourth-order valence-corrected chi connectivity index (χ4v) is 4.49. The van der Waals surface area contributed by atoms with Crippen LogP contribution in [0.5, 0.6) is 0 Å². The van der Waals surface area contributed by atoms with Crippen molar-refractivity contribution in [2.75, 3.05) is 4.72 Å². The van der Waals surface area contributed by atoms with E-state index in [1.165, 1.54) is 0 Å². The summed E-state index contributed by atoms with van der Waals surface area (Å²) >= 11 is 0. The Balaban J connectivity index is 2.23. The van der Waals surface area contributed by atoms with Gasteiger partial charge in [0, 0.05) is 0 Å². The maximum Gasteiger partial charge on any atom is 0.238 e. The van der Waals surface area contributed by atoms with Crippen molar-refractivity contribution in [3.05, 3.63) is 24.0 Å². The second-order valence-corrected chi connectivity index (χ2v) is 8.62. The molecule has 1 aliphatic carbocycles. The molecule has 0 bridgehead atoms. The average Bonchev–Trinajstić information content (AvgIpc) is 2.41. The van der Waals surface area contributed by atoms with Crippen molar-refractivity contribution in [3.63, 3.8) is 0 Å². The molecular formula is C12H17FN2O4S2. The number of nitrogens with two attached hydrogens (primary N) is 1. The van der Waals surface area contributed by atoms with Gasteiger partial charge in [-0.05, 0) is 31.0 Å². The highest BCUT2D eigenvalue weighted by Gasteiger charge is 2.28. The third kappa shape index (κ3) is 3.92. The molecule has 1 saturated carbocycles. The molecule has 118 valence electrons. The smallest absolute Gasteiger partial charge is 0.238 e. The van der Waals surface area contributed by atoms with E-state index in [1.54, 1.807) is 0 Å². The summed E-state index contributed by atoms with van der Waals surface area (Å²) < 4.78 is 62.6. The summed E-state index contributed by atoms with van der Waals surface area (Å²) in [6.07, 6.45) is 3.76. The maximum absolute atomic E-state index is 13.8. The molecule has 6 nitrogen and oxygen atoms in total. The highest BCUT2D eigenvalue weighted by Crippen LogP contribution is 2.26. The predicted octanol–water partition coefficient (Wildman–Crippen LogP) is 1.55. The number of rotatable bonds is 4. The Morgan fingerprint density at radius 2 is 1.71 bits per heavy atom. The summed E-state index contributed by atoms with van der Waals surface area (Å²) in [5.74, 6) is -0.971. The summed E-state index contributed by atoms with van der Waals surface area (Å²) in [6, 6.07) is 2.83. The van der Waals surface area contributed by atoms with E-state index >= 15 is 0 Å². The van der Waals surface area contributed by atoms with Crippen LogP contribution in [0.1, 0.15) is 32.1 Å². The standard InChI is InChI=1S/C12H17FN2O4S2/c13-11-8-10(20(14,16)17)6-7-12(11)15-21(18,19)9-4-2-1-3-5-9/h6-9,15H,1-5H2,(H2,14,16,17). The second-order valence-electron chi connectivity index (χ2n) is 5.09. The first-order valence-corrected chi connectivity index (χ1v) is 9.63. The van der Waals surface area contributed by atoms with E-state index in [1.807, 2.05) is 0 Å². The van der Waals surface area contributed by atoms with Crippen LogP contribution in [0.15, 0.2) is 23.1 Å². The number of primary sulfonamides is 1. The van der Waals surface area contributed by atoms with E-state index in [0.29, 0.717) is 18.9 Å². The summed E-state index contributed by atoms with van der Waals surface area (Å²) in [5.41, 5.74) is -0.270. The summed E-state index contributed by atoms with van der Waals surface area (Å²) in [7, 11) is -7.70. The lowest BCUT2D eigenvalue weighted by Gasteiger charge is -2.22. The Kier molecular flexibility index (Phi) is 4.54. The van der Waals surface area contributed by atoms with Gasteiger partial charge in [-0.2, -0.15) is 0 Å². The van der Waals surface area contributed by atoms with E-state index in [0.717, 1.165) is 31.4 Å². The van der Waals surface area contributed by atoms with Crippen LogP contribution >= 0.6 is 0 Å². The van der Waals surface area contributed by atoms with Crippen LogP contribution in [0.25, 0.3) is 0 Å². The fourth-order valence-electron chi connectivity index (χ4n) is 2.37. The van der Waals surface area contributed by atoms with Gasteiger partial charge in [-0.25, -0.2) is 26.4 Å². The van der Waals surface area contributed by atoms with Crippen LogP contribution in [0.2, 0.25) is 0 Å². The van der Waals surface area contributed by atoms with E-state index in [4.69, 9.17) is 5.14 Å². The van der Waals surface area contributed by atoms with E-state index in [9.17, 15) is 21.2 Å². The molecule has 0 saturated heterocycles. The number of halogens is 1. The molecule has 1 aliphatic rings. The fraction of sp³-hybridized carbons (Fsp3) is 0.500. The monoisotopic (exact) mass is 336 g/mol. The molecule has 9 heteroatoms. The Labute approximate surface area is 123 Å². The first-order chi connectivity index (χ1) is 9.70. The lowest BCUT2D eigenvalue weighted by molar-refractivity contribution is 0.486. The van der Waals surface area contributed by atoms with Gasteiger partial charge < -0.3 is 0 Å². The first kappa shape index (κ1) is 16.2. The van der Waals surface area contributed by atoms with Crippen molar-refractivity contribution in [1.29, 1.82) is 0 Å². The molecule has 1 aromatic rings. The van der Waals surface area contributed by atoms with Gasteiger partial charge in [0.05, 0.1) is 15.8 Å². The molecule has 0 heterocycles. The number of benzene rings is 1. The molecule has 1 aromatic carbocycles. The number of hydrogen-bond acceptors (Lipinski definition) is 4. The predicted molar refractivity (Wildman–Crippen MR) is 77.2 cm³/mol. The number of nitrogens with one attached hydrogen (secondary N) is 1. The van der Waals surface area contributed by atoms with Gasteiger partial charge >= 0.3 is 0 Å². The number of anilines is 1. The van der Waals surface area contributed by atoms with Crippen LogP contribution in [0.3, 0.4) is 0 Å². The van der Waals surface area contributed by atoms with Crippen molar-refractivity contribution in [2.45, 2.75) is 42.2 Å². The van der Waals surface area contributed by atoms with Gasteiger partial charge in [0.1, 0.15) is 5.82 Å². The second kappa shape index (κ2) is 5.90. The Morgan fingerprint density at radius 1 is 1.10 bits per heavy atom. The molecular weight excluding hydrogens is 319 g/mol. The molecule has 0 aliphatic heterocycles. The maximum atomic E-state index is 13.8. The van der Waals surface area contributed by atoms with Gasteiger partial charge in [-0.15, -0.1) is 0 Å². The molecule has 1 fully saturated rings. The average molecular weight is 336 g/mol. The van der Waals surface area contributed by atoms with E-state index < -0.39 is 36.0 Å². The third-order valence-corrected chi connectivity index (χ3v) is 6.28. The molecule has 0 radical (unpaired) electrons. The minimum absolute atomic E-state index is 0.270. The Morgan fingerprint density at radius 3 is 2.24 bits per heavy atom. The van der Waals surface area contributed by atoms with Crippen LogP contribution in [-0.2, 0) is 20.0 Å². The molecule has 0 amide bonds. The third-order valence-electron chi connectivity index (χ3n) is 3.51. The summed E-state index contributed by atoms with van der Waals surface area (Å²) in [6.45, 7) is 0. The van der Waals surface area contributed by atoms with Gasteiger partial charge in [0.25, 0.3) is 0 Å². The molecule has 0 spiro atoms. The van der Waals surface area contributed by atoms with E-state index in [-0.39, 0.29) is 5.69 Å². The van der Waals surface area contributed by atoms with Crippen molar-refractivity contribution in [1.82, 2.24) is 0 Å². The first-order valence-electron chi connectivity index (χ1n) is 6.54. The van der Waals surface area contributed by atoms with Crippen LogP contribution < -0.4 is 9.86 Å². The van der Waals surface area contributed by atoms with Gasteiger partial charge in [0.2, 0.25) is 20.0 Å². The van der Waals surface area contributed by atoms with Gasteiger partial charge in [-0.3, -0.25) is 4.72 Å². The SMILES string of the molecule is NS(=O)(=O)c1ccc(NS(=O)(=O)C2CCCCC2)c(F)c1. The Bertz CT molecular complexity index is 726. The quantitative estimate of drug-likeness (QED) is 0.870. The van der Waals surface area contributed by atoms with E-state index in [2.05, 4.69) is 4.72 Å². The number of hydrogen-bond donors (Lipinski definition) is 2. The molecule has 0 aromatic heterocycles. The molecule has 0 atom stereocenters. The largest absolute Gasteiger partial charge is 0.280 e. The topological polar surface area (TPSA) is 106 Å². The minimum atomic E-state index is -4.02. The van der Waals surface area contributed by atoms with Gasteiger partial charge in [0.15, 0.2) is 0 Å². The van der Waals surface area contributed by atoms with Gasteiger partial charge in [-0.1, -0.05) is 19.3 Å². The van der Waals surface area contributed by atoms with Crippen LogP contribution in [0, 0.1) is 5.82 Å². The van der Waals surface area contributed by atoms with Crippen molar-refractivity contribution in [3.8, 4) is 0 Å². The molecule has 0 unspecified atom stereocenters. The zero-order chi connectivity index (χ0) is 15.7. The molecule has 3 N–H and O–H groups in total. The number of sulfonamides is 2. The molecule has 2 rings (SSSR count). The van der Waals surface area contributed by atoms with Crippen LogP contribution in [-0.4, -0.2) is 22.1 Å². The van der Waals surface area contributed by atoms with Crippen molar-refractivity contribution < 1.29 is 21.2 Å². The molecule has 21 heavy (non-hydrogen) atoms. The zero-order valence-corrected chi connectivity index (χ0v) is 12.9. The van der Waals surface area contributed by atoms with Crippen molar-refractivity contribution in [2.24, 2.45) is 5.14 Å². The highest BCUT2D eigenvalue weighted by molar-refractivity contribution is 7.93. The lowest BCUT2D eigenvalue weighted by Crippen LogP contribution is -2.30. The minimum Gasteiger partial charge on any atom is -0.280 e.